The van der Waals surface area contributed by atoms with E-state index >= 15 is 0 Å². The normalized spacial score (nSPS) is 10.8. The van der Waals surface area contributed by atoms with E-state index in [-0.39, 0.29) is 23.9 Å². The summed E-state index contributed by atoms with van der Waals surface area (Å²) in [6.45, 7) is 8.08. The number of carbonyl (C=O) groups excluding carboxylic acids is 2. The predicted molar refractivity (Wildman–Crippen MR) is 97.0 cm³/mol. The molecule has 2 aromatic rings. The first-order chi connectivity index (χ1) is 11.8. The van der Waals surface area contributed by atoms with Gasteiger partial charge in [-0.2, -0.15) is 0 Å². The van der Waals surface area contributed by atoms with Crippen molar-refractivity contribution >= 4 is 23.5 Å². The van der Waals surface area contributed by atoms with Crippen LogP contribution in [-0.2, 0) is 23.0 Å². The predicted octanol–water partition coefficient (Wildman–Crippen LogP) is 2.82. The lowest BCUT2D eigenvalue weighted by Crippen LogP contribution is -2.12. The standard InChI is InChI=1S/C18H23N3O3S/c1-6-24-17(23)9-16-19-20-18(21(16)5)25-10-15(22)14-8-12(3)11(2)7-13(14)4/h7-8H,6,9-10H2,1-5H3. The molecule has 0 atom stereocenters. The minimum atomic E-state index is -0.337. The van der Waals surface area contributed by atoms with E-state index in [1.807, 2.05) is 32.9 Å². The van der Waals surface area contributed by atoms with Crippen molar-refractivity contribution in [2.24, 2.45) is 7.05 Å². The number of nitrogens with zero attached hydrogens (tertiary/aromatic N) is 3. The van der Waals surface area contributed by atoms with E-state index in [9.17, 15) is 9.59 Å². The zero-order chi connectivity index (χ0) is 18.6. The summed E-state index contributed by atoms with van der Waals surface area (Å²) in [5.41, 5.74) is 4.01. The van der Waals surface area contributed by atoms with Crippen LogP contribution in [0.5, 0.6) is 0 Å². The van der Waals surface area contributed by atoms with Crippen molar-refractivity contribution in [1.82, 2.24) is 14.8 Å². The molecule has 0 saturated carbocycles. The van der Waals surface area contributed by atoms with Crippen LogP contribution < -0.4 is 0 Å². The van der Waals surface area contributed by atoms with Gasteiger partial charge in [0.2, 0.25) is 0 Å². The molecule has 0 aliphatic carbocycles. The molecule has 1 heterocycles. The van der Waals surface area contributed by atoms with Crippen molar-refractivity contribution in [2.75, 3.05) is 12.4 Å². The van der Waals surface area contributed by atoms with Crippen LogP contribution in [0.2, 0.25) is 0 Å². The molecule has 1 aromatic carbocycles. The summed E-state index contributed by atoms with van der Waals surface area (Å²) < 4.78 is 6.64. The van der Waals surface area contributed by atoms with Gasteiger partial charge in [-0.15, -0.1) is 10.2 Å². The molecule has 7 heteroatoms. The molecule has 0 N–H and O–H groups in total. The lowest BCUT2D eigenvalue weighted by Gasteiger charge is -2.09. The quantitative estimate of drug-likeness (QED) is 0.429. The van der Waals surface area contributed by atoms with E-state index in [2.05, 4.69) is 10.2 Å². The number of aromatic nitrogens is 3. The molecule has 2 rings (SSSR count). The van der Waals surface area contributed by atoms with Gasteiger partial charge in [0.15, 0.2) is 10.9 Å². The molecule has 0 amide bonds. The zero-order valence-electron chi connectivity index (χ0n) is 15.3. The fraction of sp³-hybridized carbons (Fsp3) is 0.444. The molecule has 0 spiro atoms. The Morgan fingerprint density at radius 2 is 1.80 bits per heavy atom. The highest BCUT2D eigenvalue weighted by Gasteiger charge is 2.16. The van der Waals surface area contributed by atoms with Gasteiger partial charge in [0.1, 0.15) is 12.2 Å². The second-order valence-corrected chi connectivity index (χ2v) is 6.85. The number of esters is 1. The third kappa shape index (κ3) is 4.69. The second kappa shape index (κ2) is 8.29. The van der Waals surface area contributed by atoms with Crippen molar-refractivity contribution < 1.29 is 14.3 Å². The average Bonchev–Trinajstić information content (AvgIpc) is 2.89. The Balaban J connectivity index is 2.04. The molecule has 0 aliphatic heterocycles. The van der Waals surface area contributed by atoms with E-state index < -0.39 is 0 Å². The number of rotatable bonds is 7. The highest BCUT2D eigenvalue weighted by Crippen LogP contribution is 2.21. The van der Waals surface area contributed by atoms with E-state index in [4.69, 9.17) is 4.74 Å². The zero-order valence-corrected chi connectivity index (χ0v) is 16.1. The van der Waals surface area contributed by atoms with Gasteiger partial charge in [-0.1, -0.05) is 17.8 Å². The average molecular weight is 361 g/mol. The molecule has 0 aliphatic rings. The molecule has 134 valence electrons. The van der Waals surface area contributed by atoms with Crippen LogP contribution in [-0.4, -0.2) is 38.9 Å². The van der Waals surface area contributed by atoms with Gasteiger partial charge < -0.3 is 9.30 Å². The number of ether oxygens (including phenoxy) is 1. The molecule has 0 radical (unpaired) electrons. The third-order valence-corrected chi connectivity index (χ3v) is 5.03. The summed E-state index contributed by atoms with van der Waals surface area (Å²) in [6, 6.07) is 3.98. The highest BCUT2D eigenvalue weighted by molar-refractivity contribution is 7.99. The number of hydrogen-bond donors (Lipinski definition) is 0. The summed E-state index contributed by atoms with van der Waals surface area (Å²) in [5, 5.41) is 8.68. The van der Waals surface area contributed by atoms with Gasteiger partial charge in [0.05, 0.1) is 12.4 Å². The van der Waals surface area contributed by atoms with Gasteiger partial charge in [-0.3, -0.25) is 9.59 Å². The summed E-state index contributed by atoms with van der Waals surface area (Å²) in [6.07, 6.45) is 0.0715. The smallest absolute Gasteiger partial charge is 0.313 e. The second-order valence-electron chi connectivity index (χ2n) is 5.90. The topological polar surface area (TPSA) is 74.1 Å². The van der Waals surface area contributed by atoms with Crippen LogP contribution in [0.3, 0.4) is 0 Å². The molecule has 1 aromatic heterocycles. The first-order valence-electron chi connectivity index (χ1n) is 8.11. The van der Waals surface area contributed by atoms with Crippen LogP contribution in [0.1, 0.15) is 39.8 Å². The van der Waals surface area contributed by atoms with Crippen LogP contribution in [0.15, 0.2) is 17.3 Å². The summed E-state index contributed by atoms with van der Waals surface area (Å²) >= 11 is 1.32. The number of aryl methyl sites for hydroxylation is 3. The van der Waals surface area contributed by atoms with E-state index in [0.717, 1.165) is 16.7 Å². The molecule has 0 bridgehead atoms. The van der Waals surface area contributed by atoms with Crippen LogP contribution in [0, 0.1) is 20.8 Å². The molecule has 25 heavy (non-hydrogen) atoms. The molecular formula is C18H23N3O3S. The lowest BCUT2D eigenvalue weighted by atomic mass is 9.99. The largest absolute Gasteiger partial charge is 0.466 e. The van der Waals surface area contributed by atoms with Gasteiger partial charge in [0, 0.05) is 12.6 Å². The molecule has 6 nitrogen and oxygen atoms in total. The van der Waals surface area contributed by atoms with E-state index in [1.165, 1.54) is 17.3 Å². The molecule has 0 saturated heterocycles. The first-order valence-corrected chi connectivity index (χ1v) is 9.09. The Kier molecular flexibility index (Phi) is 6.36. The number of ketones is 1. The van der Waals surface area contributed by atoms with Crippen molar-refractivity contribution in [3.63, 3.8) is 0 Å². The fourth-order valence-corrected chi connectivity index (χ4v) is 3.25. The monoisotopic (exact) mass is 361 g/mol. The Hall–Kier alpha value is -2.15. The minimum absolute atomic E-state index is 0.0561. The summed E-state index contributed by atoms with van der Waals surface area (Å²) in [7, 11) is 1.78. The van der Waals surface area contributed by atoms with Crippen LogP contribution in [0.25, 0.3) is 0 Å². The highest BCUT2D eigenvalue weighted by atomic mass is 32.2. The number of benzene rings is 1. The van der Waals surface area contributed by atoms with E-state index in [1.54, 1.807) is 18.5 Å². The maximum atomic E-state index is 12.5. The van der Waals surface area contributed by atoms with Gasteiger partial charge >= 0.3 is 5.97 Å². The Morgan fingerprint density at radius 3 is 2.48 bits per heavy atom. The van der Waals surface area contributed by atoms with Crippen molar-refractivity contribution in [3.8, 4) is 0 Å². The Morgan fingerprint density at radius 1 is 1.12 bits per heavy atom. The number of Topliss-reactive ketones (excluding diaryl/α,β-unsaturated/α-hetero) is 1. The first kappa shape index (κ1) is 19.2. The van der Waals surface area contributed by atoms with Gasteiger partial charge in [-0.05, 0) is 50.5 Å². The maximum Gasteiger partial charge on any atom is 0.313 e. The molecule has 0 fully saturated rings. The third-order valence-electron chi connectivity index (χ3n) is 4.01. The van der Waals surface area contributed by atoms with Gasteiger partial charge in [0.25, 0.3) is 0 Å². The summed E-state index contributed by atoms with van der Waals surface area (Å²) in [5.74, 6) is 0.516. The minimum Gasteiger partial charge on any atom is -0.466 e. The SMILES string of the molecule is CCOC(=O)Cc1nnc(SCC(=O)c2cc(C)c(C)cc2C)n1C. The Labute approximate surface area is 152 Å². The summed E-state index contributed by atoms with van der Waals surface area (Å²) in [4.78, 5) is 24.1. The lowest BCUT2D eigenvalue weighted by molar-refractivity contribution is -0.142. The van der Waals surface area contributed by atoms with Crippen molar-refractivity contribution in [3.05, 3.63) is 40.2 Å². The molecule has 0 unspecified atom stereocenters. The molecular weight excluding hydrogens is 338 g/mol. The van der Waals surface area contributed by atoms with Crippen molar-refractivity contribution in [1.29, 1.82) is 0 Å². The number of hydrogen-bond acceptors (Lipinski definition) is 6. The number of thioether (sulfide) groups is 1. The Bertz CT molecular complexity index is 799. The fourth-order valence-electron chi connectivity index (χ4n) is 2.43. The van der Waals surface area contributed by atoms with Crippen molar-refractivity contribution in [2.45, 2.75) is 39.3 Å². The number of carbonyl (C=O) groups is 2. The maximum absolute atomic E-state index is 12.5. The van der Waals surface area contributed by atoms with E-state index in [0.29, 0.717) is 17.6 Å². The van der Waals surface area contributed by atoms with Gasteiger partial charge in [-0.25, -0.2) is 0 Å². The van der Waals surface area contributed by atoms with Crippen LogP contribution >= 0.6 is 11.8 Å². The van der Waals surface area contributed by atoms with Crippen LogP contribution in [0.4, 0.5) is 0 Å².